The molecule has 3 aliphatic rings. The van der Waals surface area contributed by atoms with E-state index in [0.29, 0.717) is 25.2 Å². The average molecular weight is 450 g/mol. The van der Waals surface area contributed by atoms with Crippen molar-refractivity contribution in [3.8, 4) is 11.5 Å². The molecule has 176 valence electrons. The molecule has 1 heterocycles. The summed E-state index contributed by atoms with van der Waals surface area (Å²) >= 11 is 0. The van der Waals surface area contributed by atoms with Gasteiger partial charge in [0.2, 0.25) is 0 Å². The van der Waals surface area contributed by atoms with Crippen molar-refractivity contribution in [3.05, 3.63) is 59.2 Å². The van der Waals surface area contributed by atoms with Crippen LogP contribution in [0.15, 0.2) is 42.5 Å². The zero-order valence-electron chi connectivity index (χ0n) is 20.0. The molecule has 1 N–H and O–H groups in total. The van der Waals surface area contributed by atoms with E-state index in [0.717, 1.165) is 43.4 Å². The number of hydrogen-bond acceptors (Lipinski definition) is 5. The van der Waals surface area contributed by atoms with Crippen molar-refractivity contribution in [3.63, 3.8) is 0 Å². The van der Waals surface area contributed by atoms with E-state index >= 15 is 0 Å². The van der Waals surface area contributed by atoms with E-state index in [2.05, 4.69) is 49.2 Å². The second-order valence-corrected chi connectivity index (χ2v) is 10.1. The predicted molar refractivity (Wildman–Crippen MR) is 128 cm³/mol. The van der Waals surface area contributed by atoms with Gasteiger partial charge in [-0.2, -0.15) is 0 Å². The van der Waals surface area contributed by atoms with E-state index < -0.39 is 11.0 Å². The van der Waals surface area contributed by atoms with E-state index in [1.165, 1.54) is 5.56 Å². The molecule has 4 atom stereocenters. The highest BCUT2D eigenvalue weighted by Gasteiger charge is 2.69. The number of phenols is 1. The fourth-order valence-electron chi connectivity index (χ4n) is 7.15. The second kappa shape index (κ2) is 8.44. The number of carbonyl (C=O) groups is 1. The first-order valence-corrected chi connectivity index (χ1v) is 12.2. The minimum absolute atomic E-state index is 0.179. The molecule has 5 nitrogen and oxygen atoms in total. The fourth-order valence-corrected chi connectivity index (χ4v) is 7.15. The number of Topliss-reactive ketones (excluding diaryl/α,β-unsaturated/α-hetero) is 1. The molecule has 2 bridgehead atoms. The first-order valence-electron chi connectivity index (χ1n) is 12.2. The van der Waals surface area contributed by atoms with Gasteiger partial charge >= 0.3 is 0 Å². The Bertz CT molecular complexity index is 1040. The fraction of sp³-hybridized carbons (Fsp3) is 0.536. The van der Waals surface area contributed by atoms with Crippen LogP contribution in [0, 0.1) is 5.92 Å². The number of nitrogens with zero attached hydrogens (tertiary/aromatic N) is 1. The number of fused-ring (bicyclic) bond motifs is 1. The van der Waals surface area contributed by atoms with Crippen molar-refractivity contribution in [2.75, 3.05) is 27.3 Å². The van der Waals surface area contributed by atoms with Gasteiger partial charge in [-0.05, 0) is 62.9 Å². The van der Waals surface area contributed by atoms with E-state index in [-0.39, 0.29) is 23.5 Å². The highest BCUT2D eigenvalue weighted by molar-refractivity contribution is 5.85. The van der Waals surface area contributed by atoms with Gasteiger partial charge in [0.15, 0.2) is 11.5 Å². The number of piperidine rings is 1. The van der Waals surface area contributed by atoms with Crippen molar-refractivity contribution in [1.29, 1.82) is 0 Å². The van der Waals surface area contributed by atoms with E-state index in [4.69, 9.17) is 9.47 Å². The monoisotopic (exact) mass is 449 g/mol. The number of methoxy groups -OCH3 is 1. The lowest BCUT2D eigenvalue weighted by Crippen LogP contribution is -2.76. The lowest BCUT2D eigenvalue weighted by atomic mass is 9.45. The van der Waals surface area contributed by atoms with Gasteiger partial charge in [-0.3, -0.25) is 4.79 Å². The molecule has 2 aliphatic carbocycles. The lowest BCUT2D eigenvalue weighted by molar-refractivity contribution is -0.209. The SMILES string of the molecule is COc1ccc2c(c1O)[C@]13CCN(C)C(C2)[C@]1(OCCCc1ccccc1)CCC(=O)[C@H]3C. The maximum absolute atomic E-state index is 13.2. The number of rotatable bonds is 6. The Balaban J connectivity index is 1.57. The van der Waals surface area contributed by atoms with Crippen LogP contribution in [0.3, 0.4) is 0 Å². The van der Waals surface area contributed by atoms with Gasteiger partial charge in [-0.1, -0.05) is 43.3 Å². The molecule has 1 aliphatic heterocycles. The summed E-state index contributed by atoms with van der Waals surface area (Å²) in [6, 6.07) is 14.6. The number of ketones is 1. The lowest BCUT2D eigenvalue weighted by Gasteiger charge is -2.66. The van der Waals surface area contributed by atoms with Gasteiger partial charge in [-0.15, -0.1) is 0 Å². The topological polar surface area (TPSA) is 59.0 Å². The number of carbonyl (C=O) groups excluding carboxylic acids is 1. The Hall–Kier alpha value is -2.37. The molecular formula is C28H35NO4. The largest absolute Gasteiger partial charge is 0.504 e. The van der Waals surface area contributed by atoms with Crippen LogP contribution in [-0.2, 0) is 27.8 Å². The molecule has 5 rings (SSSR count). The quantitative estimate of drug-likeness (QED) is 0.667. The van der Waals surface area contributed by atoms with E-state index in [1.807, 2.05) is 12.1 Å². The van der Waals surface area contributed by atoms with Crippen LogP contribution in [0.5, 0.6) is 11.5 Å². The molecule has 33 heavy (non-hydrogen) atoms. The van der Waals surface area contributed by atoms with Gasteiger partial charge in [-0.25, -0.2) is 0 Å². The number of aryl methyl sites for hydroxylation is 1. The first-order chi connectivity index (χ1) is 15.9. The summed E-state index contributed by atoms with van der Waals surface area (Å²) in [6.07, 6.45) is 4.73. The normalized spacial score (nSPS) is 31.1. The summed E-state index contributed by atoms with van der Waals surface area (Å²) in [5.74, 6) is 0.728. The highest BCUT2D eigenvalue weighted by atomic mass is 16.5. The zero-order chi connectivity index (χ0) is 23.2. The van der Waals surface area contributed by atoms with Crippen LogP contribution in [0.25, 0.3) is 0 Å². The number of phenolic OH excluding ortho intramolecular Hbond substituents is 1. The first kappa shape index (κ1) is 22.4. The summed E-state index contributed by atoms with van der Waals surface area (Å²) in [5, 5.41) is 11.4. The van der Waals surface area contributed by atoms with Crippen LogP contribution in [0.2, 0.25) is 0 Å². The number of benzene rings is 2. The Labute approximate surface area is 196 Å². The summed E-state index contributed by atoms with van der Waals surface area (Å²) in [7, 11) is 3.77. The zero-order valence-corrected chi connectivity index (χ0v) is 20.0. The minimum atomic E-state index is -0.543. The van der Waals surface area contributed by atoms with Gasteiger partial charge in [0.25, 0.3) is 0 Å². The minimum Gasteiger partial charge on any atom is -0.504 e. The molecule has 0 amide bonds. The Morgan fingerprint density at radius 2 is 1.94 bits per heavy atom. The maximum atomic E-state index is 13.2. The third-order valence-corrected chi connectivity index (χ3v) is 8.77. The smallest absolute Gasteiger partial charge is 0.161 e. The average Bonchev–Trinajstić information content (AvgIpc) is 2.83. The Kier molecular flexibility index (Phi) is 5.74. The van der Waals surface area contributed by atoms with E-state index in [9.17, 15) is 9.90 Å². The standard InChI is InChI=1S/C28H35NO4/c1-19-22(30)13-14-28(33-17-7-10-20-8-5-4-6-9-20)24-18-21-11-12-23(32-3)26(31)25(21)27(19,28)15-16-29(24)2/h4-6,8-9,11-12,19,24,31H,7,10,13-18H2,1-3H3/t19-,24?,27-,28-/m1/s1. The Morgan fingerprint density at radius 3 is 2.70 bits per heavy atom. The number of likely N-dealkylation sites (tertiary alicyclic amines) is 1. The molecule has 2 fully saturated rings. The van der Waals surface area contributed by atoms with Crippen molar-refractivity contribution in [2.24, 2.45) is 5.92 Å². The molecule has 1 saturated heterocycles. The highest BCUT2D eigenvalue weighted by Crippen LogP contribution is 2.63. The number of ether oxygens (including phenoxy) is 2. The molecular weight excluding hydrogens is 414 g/mol. The summed E-state index contributed by atoms with van der Waals surface area (Å²) < 4.78 is 12.5. The van der Waals surface area contributed by atoms with Crippen molar-refractivity contribution in [2.45, 2.75) is 62.5 Å². The van der Waals surface area contributed by atoms with Gasteiger partial charge in [0.05, 0.1) is 12.7 Å². The van der Waals surface area contributed by atoms with Crippen LogP contribution in [0.1, 0.15) is 49.3 Å². The van der Waals surface area contributed by atoms with E-state index in [1.54, 1.807) is 7.11 Å². The summed E-state index contributed by atoms with van der Waals surface area (Å²) in [4.78, 5) is 15.6. The predicted octanol–water partition coefficient (Wildman–Crippen LogP) is 4.29. The Morgan fingerprint density at radius 1 is 1.15 bits per heavy atom. The van der Waals surface area contributed by atoms with Crippen LogP contribution >= 0.6 is 0 Å². The molecule has 1 unspecified atom stereocenters. The van der Waals surface area contributed by atoms with Crippen LogP contribution < -0.4 is 4.74 Å². The van der Waals surface area contributed by atoms with Crippen molar-refractivity contribution < 1.29 is 19.4 Å². The second-order valence-electron chi connectivity index (χ2n) is 10.1. The molecule has 0 spiro atoms. The van der Waals surface area contributed by atoms with Gasteiger partial charge in [0, 0.05) is 36.0 Å². The van der Waals surface area contributed by atoms with Gasteiger partial charge < -0.3 is 19.5 Å². The van der Waals surface area contributed by atoms with Gasteiger partial charge in [0.1, 0.15) is 5.78 Å². The third kappa shape index (κ3) is 3.23. The van der Waals surface area contributed by atoms with Crippen molar-refractivity contribution >= 4 is 5.78 Å². The molecule has 1 saturated carbocycles. The molecule has 5 heteroatoms. The molecule has 0 radical (unpaired) electrons. The number of aromatic hydroxyl groups is 1. The number of hydrogen-bond donors (Lipinski definition) is 1. The molecule has 0 aromatic heterocycles. The molecule has 2 aromatic carbocycles. The third-order valence-electron chi connectivity index (χ3n) is 8.77. The summed E-state index contributed by atoms with van der Waals surface area (Å²) in [5.41, 5.74) is 2.29. The van der Waals surface area contributed by atoms with Crippen LogP contribution in [-0.4, -0.2) is 54.7 Å². The summed E-state index contributed by atoms with van der Waals surface area (Å²) in [6.45, 7) is 3.58. The van der Waals surface area contributed by atoms with Crippen LogP contribution in [0.4, 0.5) is 0 Å². The maximum Gasteiger partial charge on any atom is 0.161 e. The number of likely N-dealkylation sites (N-methyl/N-ethyl adjacent to an activating group) is 1. The molecule has 2 aromatic rings. The van der Waals surface area contributed by atoms with Crippen molar-refractivity contribution in [1.82, 2.24) is 4.90 Å².